The quantitative estimate of drug-likeness (QED) is 0.890. The number of carbonyl (C=O) groups is 2. The van der Waals surface area contributed by atoms with Crippen molar-refractivity contribution >= 4 is 17.6 Å². The summed E-state index contributed by atoms with van der Waals surface area (Å²) in [6, 6.07) is 3.62. The van der Waals surface area contributed by atoms with Crippen LogP contribution in [0, 0.1) is 11.7 Å². The first-order valence-corrected chi connectivity index (χ1v) is 7.41. The summed E-state index contributed by atoms with van der Waals surface area (Å²) in [5.74, 6) is -2.27. The van der Waals surface area contributed by atoms with Crippen LogP contribution in [0.15, 0.2) is 18.2 Å². The molecule has 1 aliphatic rings. The average Bonchev–Trinajstić information content (AvgIpc) is 2.40. The molecule has 0 atom stereocenters. The van der Waals surface area contributed by atoms with Crippen LogP contribution in [0.4, 0.5) is 10.1 Å². The van der Waals surface area contributed by atoms with Crippen molar-refractivity contribution in [3.05, 3.63) is 29.6 Å². The fourth-order valence-electron chi connectivity index (χ4n) is 2.73. The number of rotatable bonds is 3. The van der Waals surface area contributed by atoms with Crippen LogP contribution < -0.4 is 5.32 Å². The minimum atomic E-state index is -1.34. The maximum absolute atomic E-state index is 13.3. The van der Waals surface area contributed by atoms with Crippen LogP contribution in [-0.4, -0.2) is 17.0 Å². The molecule has 2 N–H and O–H groups in total. The molecule has 1 saturated carbocycles. The summed E-state index contributed by atoms with van der Waals surface area (Å²) in [5.41, 5.74) is -0.0914. The number of carbonyl (C=O) groups excluding carboxylic acids is 1. The molecule has 0 unspecified atom stereocenters. The van der Waals surface area contributed by atoms with Gasteiger partial charge in [0.1, 0.15) is 5.82 Å². The molecular formula is C16H20FNO3. The zero-order valence-corrected chi connectivity index (χ0v) is 11.9. The molecule has 1 amide bonds. The number of benzene rings is 1. The van der Waals surface area contributed by atoms with Crippen molar-refractivity contribution in [2.45, 2.75) is 44.9 Å². The van der Waals surface area contributed by atoms with Gasteiger partial charge in [-0.3, -0.25) is 4.79 Å². The van der Waals surface area contributed by atoms with E-state index >= 15 is 0 Å². The molecule has 5 heteroatoms. The summed E-state index contributed by atoms with van der Waals surface area (Å²) < 4.78 is 13.3. The first kappa shape index (κ1) is 15.5. The standard InChI is InChI=1S/C16H20FNO3/c17-14-9-8-12(10-13(14)16(20)21)18-15(19)11-6-4-2-1-3-5-7-11/h8-11H,1-7H2,(H,18,19)(H,20,21). The Labute approximate surface area is 123 Å². The summed E-state index contributed by atoms with van der Waals surface area (Å²) in [6.07, 6.45) is 7.35. The van der Waals surface area contributed by atoms with Crippen molar-refractivity contribution in [3.8, 4) is 0 Å². The number of nitrogens with one attached hydrogen (secondary N) is 1. The largest absolute Gasteiger partial charge is 0.478 e. The molecule has 0 spiro atoms. The lowest BCUT2D eigenvalue weighted by molar-refractivity contribution is -0.120. The highest BCUT2D eigenvalue weighted by Crippen LogP contribution is 2.24. The zero-order chi connectivity index (χ0) is 15.2. The zero-order valence-electron chi connectivity index (χ0n) is 11.9. The third-order valence-electron chi connectivity index (χ3n) is 3.94. The molecule has 2 rings (SSSR count). The smallest absolute Gasteiger partial charge is 0.338 e. The van der Waals surface area contributed by atoms with Gasteiger partial charge in [-0.2, -0.15) is 0 Å². The van der Waals surface area contributed by atoms with Crippen molar-refractivity contribution < 1.29 is 19.1 Å². The van der Waals surface area contributed by atoms with Gasteiger partial charge < -0.3 is 10.4 Å². The lowest BCUT2D eigenvalue weighted by Gasteiger charge is -2.19. The third-order valence-corrected chi connectivity index (χ3v) is 3.94. The number of carboxylic acids is 1. The third kappa shape index (κ3) is 4.28. The predicted octanol–water partition coefficient (Wildman–Crippen LogP) is 3.82. The highest BCUT2D eigenvalue weighted by atomic mass is 19.1. The van der Waals surface area contributed by atoms with Crippen LogP contribution in [0.2, 0.25) is 0 Å². The van der Waals surface area contributed by atoms with E-state index in [-0.39, 0.29) is 11.8 Å². The van der Waals surface area contributed by atoms with Gasteiger partial charge >= 0.3 is 5.97 Å². The Morgan fingerprint density at radius 3 is 2.33 bits per heavy atom. The predicted molar refractivity (Wildman–Crippen MR) is 77.8 cm³/mol. The van der Waals surface area contributed by atoms with Crippen molar-refractivity contribution in [2.24, 2.45) is 5.92 Å². The van der Waals surface area contributed by atoms with Gasteiger partial charge in [0.05, 0.1) is 5.56 Å². The van der Waals surface area contributed by atoms with Gasteiger partial charge in [0.25, 0.3) is 0 Å². The molecule has 0 bridgehead atoms. The van der Waals surface area contributed by atoms with Gasteiger partial charge in [0.2, 0.25) is 5.91 Å². The van der Waals surface area contributed by atoms with E-state index in [1.165, 1.54) is 18.6 Å². The van der Waals surface area contributed by atoms with Crippen LogP contribution in [0.1, 0.15) is 55.3 Å². The molecule has 0 radical (unpaired) electrons. The van der Waals surface area contributed by atoms with E-state index in [9.17, 15) is 14.0 Å². The second-order valence-electron chi connectivity index (χ2n) is 5.53. The van der Waals surface area contributed by atoms with Gasteiger partial charge in [-0.15, -0.1) is 0 Å². The Morgan fingerprint density at radius 2 is 1.71 bits per heavy atom. The second kappa shape index (κ2) is 7.20. The molecule has 0 heterocycles. The number of aromatic carboxylic acids is 1. The molecular weight excluding hydrogens is 273 g/mol. The van der Waals surface area contributed by atoms with Crippen molar-refractivity contribution in [3.63, 3.8) is 0 Å². The van der Waals surface area contributed by atoms with E-state index in [1.807, 2.05) is 0 Å². The number of carboxylic acid groups (broad SMARTS) is 1. The topological polar surface area (TPSA) is 66.4 Å². The SMILES string of the molecule is O=C(O)c1cc(NC(=O)C2CCCCCCC2)ccc1F. The van der Waals surface area contributed by atoms with E-state index in [2.05, 4.69) is 5.32 Å². The average molecular weight is 293 g/mol. The van der Waals surface area contributed by atoms with Gasteiger partial charge in [-0.05, 0) is 31.0 Å². The normalized spacial score (nSPS) is 16.8. The van der Waals surface area contributed by atoms with E-state index in [4.69, 9.17) is 5.11 Å². The molecule has 0 aliphatic heterocycles. The molecule has 21 heavy (non-hydrogen) atoms. The molecule has 4 nitrogen and oxygen atoms in total. The Hall–Kier alpha value is -1.91. The van der Waals surface area contributed by atoms with Crippen LogP contribution >= 0.6 is 0 Å². The molecule has 1 aromatic carbocycles. The fourth-order valence-corrected chi connectivity index (χ4v) is 2.73. The van der Waals surface area contributed by atoms with Gasteiger partial charge in [-0.1, -0.05) is 32.1 Å². The lowest BCUT2D eigenvalue weighted by atomic mass is 9.90. The highest BCUT2D eigenvalue weighted by Gasteiger charge is 2.20. The monoisotopic (exact) mass is 293 g/mol. The molecule has 1 fully saturated rings. The van der Waals surface area contributed by atoms with Crippen LogP contribution in [-0.2, 0) is 4.79 Å². The second-order valence-corrected chi connectivity index (χ2v) is 5.53. The Morgan fingerprint density at radius 1 is 1.10 bits per heavy atom. The Balaban J connectivity index is 2.04. The maximum Gasteiger partial charge on any atom is 0.338 e. The van der Waals surface area contributed by atoms with Gasteiger partial charge in [-0.25, -0.2) is 9.18 Å². The molecule has 0 aromatic heterocycles. The van der Waals surface area contributed by atoms with Crippen molar-refractivity contribution in [1.29, 1.82) is 0 Å². The van der Waals surface area contributed by atoms with Crippen molar-refractivity contribution in [1.82, 2.24) is 0 Å². The lowest BCUT2D eigenvalue weighted by Crippen LogP contribution is -2.23. The van der Waals surface area contributed by atoms with Gasteiger partial charge in [0.15, 0.2) is 0 Å². The minimum absolute atomic E-state index is 0.0383. The summed E-state index contributed by atoms with van der Waals surface area (Å²) in [7, 11) is 0. The Kier molecular flexibility index (Phi) is 5.31. The highest BCUT2D eigenvalue weighted by molar-refractivity contribution is 5.95. The van der Waals surface area contributed by atoms with Crippen LogP contribution in [0.25, 0.3) is 0 Å². The van der Waals surface area contributed by atoms with Crippen LogP contribution in [0.3, 0.4) is 0 Å². The summed E-state index contributed by atoms with van der Waals surface area (Å²) in [4.78, 5) is 23.1. The number of anilines is 1. The number of amides is 1. The molecule has 114 valence electrons. The number of halogens is 1. The van der Waals surface area contributed by atoms with E-state index in [1.54, 1.807) is 0 Å². The number of hydrogen-bond donors (Lipinski definition) is 2. The summed E-state index contributed by atoms with van der Waals surface area (Å²) in [6.45, 7) is 0. The fraction of sp³-hybridized carbons (Fsp3) is 0.500. The first-order chi connectivity index (χ1) is 10.1. The van der Waals surface area contributed by atoms with Gasteiger partial charge in [0, 0.05) is 11.6 Å². The molecule has 1 aromatic rings. The molecule has 0 saturated heterocycles. The van der Waals surface area contributed by atoms with Crippen molar-refractivity contribution in [2.75, 3.05) is 5.32 Å². The van der Waals surface area contributed by atoms with E-state index in [0.717, 1.165) is 44.6 Å². The van der Waals surface area contributed by atoms with E-state index in [0.29, 0.717) is 5.69 Å². The molecule has 1 aliphatic carbocycles. The van der Waals surface area contributed by atoms with E-state index < -0.39 is 17.3 Å². The Bertz CT molecular complexity index is 522. The maximum atomic E-state index is 13.3. The first-order valence-electron chi connectivity index (χ1n) is 7.41. The minimum Gasteiger partial charge on any atom is -0.478 e. The summed E-state index contributed by atoms with van der Waals surface area (Å²) in [5, 5.41) is 11.6. The number of hydrogen-bond acceptors (Lipinski definition) is 2. The summed E-state index contributed by atoms with van der Waals surface area (Å²) >= 11 is 0. The van der Waals surface area contributed by atoms with Crippen LogP contribution in [0.5, 0.6) is 0 Å².